The van der Waals surface area contributed by atoms with Gasteiger partial charge in [-0.1, -0.05) is 0 Å². The summed E-state index contributed by atoms with van der Waals surface area (Å²) in [5.41, 5.74) is 1.87. The predicted octanol–water partition coefficient (Wildman–Crippen LogP) is 0.916. The maximum Gasteiger partial charge on any atom is 0.269 e. The van der Waals surface area contributed by atoms with Gasteiger partial charge in [-0.2, -0.15) is 9.40 Å². The quantitative estimate of drug-likeness (QED) is 0.756. The molecule has 0 atom stereocenters. The Bertz CT molecular complexity index is 923. The fourth-order valence-electron chi connectivity index (χ4n) is 2.73. The van der Waals surface area contributed by atoms with Gasteiger partial charge < -0.3 is 10.1 Å². The number of hydrogen-bond acceptors (Lipinski definition) is 5. The normalized spacial score (nSPS) is 15.6. The van der Waals surface area contributed by atoms with Crippen molar-refractivity contribution in [2.75, 3.05) is 38.6 Å². The highest BCUT2D eigenvalue weighted by atomic mass is 32.2. The zero-order chi connectivity index (χ0) is 19.4. The lowest BCUT2D eigenvalue weighted by Gasteiger charge is -2.25. The van der Waals surface area contributed by atoms with Crippen molar-refractivity contribution in [1.82, 2.24) is 19.8 Å². The minimum absolute atomic E-state index is 0.0114. The number of nitrogens with zero attached hydrogens (tertiary/aromatic N) is 2. The van der Waals surface area contributed by atoms with Crippen LogP contribution in [0.5, 0.6) is 0 Å². The first-order chi connectivity index (χ1) is 12.9. The van der Waals surface area contributed by atoms with E-state index in [-0.39, 0.29) is 23.8 Å². The number of aromatic amines is 1. The summed E-state index contributed by atoms with van der Waals surface area (Å²) in [6, 6.07) is 6.10. The van der Waals surface area contributed by atoms with E-state index in [1.54, 1.807) is 25.1 Å². The number of rotatable bonds is 6. The van der Waals surface area contributed by atoms with E-state index in [0.717, 1.165) is 0 Å². The van der Waals surface area contributed by atoms with Crippen molar-refractivity contribution in [2.24, 2.45) is 0 Å². The molecule has 1 aromatic heterocycles. The number of amides is 1. The van der Waals surface area contributed by atoms with Crippen LogP contribution in [0.15, 0.2) is 24.3 Å². The van der Waals surface area contributed by atoms with Crippen LogP contribution in [0.2, 0.25) is 0 Å². The fraction of sp³-hybridized carbons (Fsp3) is 0.412. The second-order valence-electron chi connectivity index (χ2n) is 6.21. The minimum Gasteiger partial charge on any atom is -0.379 e. The molecule has 8 nitrogen and oxygen atoms in total. The third-order valence-corrected chi connectivity index (χ3v) is 6.16. The van der Waals surface area contributed by atoms with Gasteiger partial charge in [0.2, 0.25) is 10.0 Å². The first kappa shape index (κ1) is 19.5. The summed E-state index contributed by atoms with van der Waals surface area (Å²) < 4.78 is 44.3. The van der Waals surface area contributed by atoms with Crippen molar-refractivity contribution >= 4 is 15.9 Å². The number of morpholine rings is 1. The Morgan fingerprint density at radius 1 is 1.33 bits per heavy atom. The molecule has 1 aromatic carbocycles. The molecule has 1 amide bonds. The Morgan fingerprint density at radius 3 is 2.78 bits per heavy atom. The lowest BCUT2D eigenvalue weighted by molar-refractivity contribution is 0.0730. The van der Waals surface area contributed by atoms with E-state index in [1.807, 2.05) is 0 Å². The second-order valence-corrected chi connectivity index (χ2v) is 8.30. The molecule has 146 valence electrons. The lowest BCUT2D eigenvalue weighted by Crippen LogP contribution is -2.43. The van der Waals surface area contributed by atoms with Gasteiger partial charge in [-0.05, 0) is 36.8 Å². The van der Waals surface area contributed by atoms with Crippen molar-refractivity contribution in [1.29, 1.82) is 0 Å². The molecular weight excluding hydrogens is 375 g/mol. The van der Waals surface area contributed by atoms with E-state index in [4.69, 9.17) is 4.74 Å². The van der Waals surface area contributed by atoms with Crippen LogP contribution in [0.4, 0.5) is 4.39 Å². The number of halogens is 1. The molecule has 0 radical (unpaired) electrons. The molecule has 1 fully saturated rings. The van der Waals surface area contributed by atoms with E-state index in [2.05, 4.69) is 15.5 Å². The zero-order valence-electron chi connectivity index (χ0n) is 14.9. The molecule has 0 unspecified atom stereocenters. The molecule has 1 saturated heterocycles. The molecule has 1 aliphatic rings. The van der Waals surface area contributed by atoms with E-state index in [1.165, 1.54) is 10.4 Å². The van der Waals surface area contributed by atoms with Gasteiger partial charge >= 0.3 is 0 Å². The number of aromatic nitrogens is 2. The largest absolute Gasteiger partial charge is 0.379 e. The van der Waals surface area contributed by atoms with Gasteiger partial charge in [0.25, 0.3) is 5.91 Å². The van der Waals surface area contributed by atoms with Crippen LogP contribution in [0.25, 0.3) is 11.3 Å². The van der Waals surface area contributed by atoms with Crippen molar-refractivity contribution < 1.29 is 22.3 Å². The highest BCUT2D eigenvalue weighted by Gasteiger charge is 2.24. The van der Waals surface area contributed by atoms with Crippen molar-refractivity contribution in [3.8, 4) is 11.3 Å². The zero-order valence-corrected chi connectivity index (χ0v) is 15.7. The monoisotopic (exact) mass is 396 g/mol. The highest BCUT2D eigenvalue weighted by molar-refractivity contribution is 7.89. The maximum absolute atomic E-state index is 13.4. The molecular formula is C17H21FN4O4S. The minimum atomic E-state index is -3.43. The average molecular weight is 396 g/mol. The Hall–Kier alpha value is -2.30. The van der Waals surface area contributed by atoms with E-state index in [0.29, 0.717) is 43.1 Å². The SMILES string of the molecule is Cc1cc(-c2cc(C(=O)NCCS(=O)(=O)N3CCOCC3)[nH]n2)ccc1F. The molecule has 0 aliphatic carbocycles. The van der Waals surface area contributed by atoms with Gasteiger partial charge in [0.15, 0.2) is 0 Å². The number of ether oxygens (including phenoxy) is 1. The number of sulfonamides is 1. The van der Waals surface area contributed by atoms with E-state index in [9.17, 15) is 17.6 Å². The number of benzene rings is 1. The topological polar surface area (TPSA) is 104 Å². The summed E-state index contributed by atoms with van der Waals surface area (Å²) in [6.45, 7) is 3.06. The predicted molar refractivity (Wildman–Crippen MR) is 97.2 cm³/mol. The number of nitrogens with one attached hydrogen (secondary N) is 2. The van der Waals surface area contributed by atoms with Crippen molar-refractivity contribution in [3.05, 3.63) is 41.3 Å². The van der Waals surface area contributed by atoms with Crippen LogP contribution < -0.4 is 5.32 Å². The molecule has 2 N–H and O–H groups in total. The summed E-state index contributed by atoms with van der Waals surface area (Å²) in [4.78, 5) is 12.2. The molecule has 0 spiro atoms. The van der Waals surface area contributed by atoms with Crippen molar-refractivity contribution in [2.45, 2.75) is 6.92 Å². The van der Waals surface area contributed by atoms with Gasteiger partial charge in [-0.3, -0.25) is 9.89 Å². The van der Waals surface area contributed by atoms with E-state index < -0.39 is 15.9 Å². The number of carbonyl (C=O) groups excluding carboxylic acids is 1. The third-order valence-electron chi connectivity index (χ3n) is 4.29. The molecule has 0 saturated carbocycles. The fourth-order valence-corrected chi connectivity index (χ4v) is 4.06. The Kier molecular flexibility index (Phi) is 5.88. The first-order valence-electron chi connectivity index (χ1n) is 8.52. The summed E-state index contributed by atoms with van der Waals surface area (Å²) in [6.07, 6.45) is 0. The average Bonchev–Trinajstić information content (AvgIpc) is 3.15. The molecule has 2 heterocycles. The summed E-state index contributed by atoms with van der Waals surface area (Å²) in [7, 11) is -3.43. The Morgan fingerprint density at radius 2 is 2.07 bits per heavy atom. The molecule has 2 aromatic rings. The first-order valence-corrected chi connectivity index (χ1v) is 10.1. The third kappa shape index (κ3) is 4.71. The highest BCUT2D eigenvalue weighted by Crippen LogP contribution is 2.20. The van der Waals surface area contributed by atoms with Gasteiger partial charge in [-0.25, -0.2) is 12.8 Å². The maximum atomic E-state index is 13.4. The summed E-state index contributed by atoms with van der Waals surface area (Å²) in [5.74, 6) is -0.949. The van der Waals surface area contributed by atoms with Gasteiger partial charge in [0, 0.05) is 25.2 Å². The number of carbonyl (C=O) groups is 1. The second kappa shape index (κ2) is 8.15. The van der Waals surface area contributed by atoms with Crippen LogP contribution in [-0.2, 0) is 14.8 Å². The van der Waals surface area contributed by atoms with Crippen molar-refractivity contribution in [3.63, 3.8) is 0 Å². The number of H-pyrrole nitrogens is 1. The molecule has 27 heavy (non-hydrogen) atoms. The lowest BCUT2D eigenvalue weighted by atomic mass is 10.1. The van der Waals surface area contributed by atoms with Gasteiger partial charge in [0.05, 0.1) is 24.7 Å². The van der Waals surface area contributed by atoms with Crippen LogP contribution in [0, 0.1) is 12.7 Å². The van der Waals surface area contributed by atoms with Crippen LogP contribution in [-0.4, -0.2) is 67.4 Å². The molecule has 1 aliphatic heterocycles. The Labute approximate surface area is 156 Å². The molecule has 0 bridgehead atoms. The van der Waals surface area contributed by atoms with Gasteiger partial charge in [-0.15, -0.1) is 0 Å². The molecule has 3 rings (SSSR count). The van der Waals surface area contributed by atoms with Crippen LogP contribution in [0.1, 0.15) is 16.1 Å². The smallest absolute Gasteiger partial charge is 0.269 e. The Balaban J connectivity index is 1.57. The number of hydrogen-bond donors (Lipinski definition) is 2. The summed E-state index contributed by atoms with van der Waals surface area (Å²) >= 11 is 0. The van der Waals surface area contributed by atoms with Crippen LogP contribution >= 0.6 is 0 Å². The summed E-state index contributed by atoms with van der Waals surface area (Å²) in [5, 5.41) is 9.25. The van der Waals surface area contributed by atoms with E-state index >= 15 is 0 Å². The molecule has 10 heteroatoms. The van der Waals surface area contributed by atoms with Crippen LogP contribution in [0.3, 0.4) is 0 Å². The number of aryl methyl sites for hydroxylation is 1. The van der Waals surface area contributed by atoms with Gasteiger partial charge in [0.1, 0.15) is 11.5 Å². The standard InChI is InChI=1S/C17H21FN4O4S/c1-12-10-13(2-3-14(12)18)15-11-16(21-20-15)17(23)19-4-9-27(24,25)22-5-7-26-8-6-22/h2-3,10-11H,4-9H2,1H3,(H,19,23)(H,20,21).